The van der Waals surface area contributed by atoms with Crippen molar-refractivity contribution < 1.29 is 9.59 Å². The Kier molecular flexibility index (Phi) is 5.94. The summed E-state index contributed by atoms with van der Waals surface area (Å²) in [5.41, 5.74) is 5.38. The number of amides is 2. The van der Waals surface area contributed by atoms with E-state index in [4.69, 9.17) is 0 Å². The molecule has 0 unspecified atom stereocenters. The SMILES string of the molecule is Cc1ccc(CNC(=O)C2CCN(C(=O)c3ccc(C)c(C)c3)CC2)cc1. The molecule has 0 bridgehead atoms. The zero-order valence-corrected chi connectivity index (χ0v) is 16.4. The van der Waals surface area contributed by atoms with E-state index in [2.05, 4.69) is 24.4 Å². The zero-order valence-electron chi connectivity index (χ0n) is 16.4. The number of likely N-dealkylation sites (tertiary alicyclic amines) is 1. The Morgan fingerprint density at radius 2 is 1.63 bits per heavy atom. The molecule has 0 aliphatic carbocycles. The first-order chi connectivity index (χ1) is 12.9. The van der Waals surface area contributed by atoms with E-state index in [0.29, 0.717) is 19.6 Å². The van der Waals surface area contributed by atoms with Crippen LogP contribution in [-0.2, 0) is 11.3 Å². The van der Waals surface area contributed by atoms with Gasteiger partial charge in [0.2, 0.25) is 5.91 Å². The molecular formula is C23H28N2O2. The molecule has 0 aromatic heterocycles. The number of benzene rings is 2. The summed E-state index contributed by atoms with van der Waals surface area (Å²) in [7, 11) is 0. The Hall–Kier alpha value is -2.62. The fraction of sp³-hybridized carbons (Fsp3) is 0.391. The summed E-state index contributed by atoms with van der Waals surface area (Å²) in [4.78, 5) is 27.0. The predicted molar refractivity (Wildman–Crippen MR) is 108 cm³/mol. The van der Waals surface area contributed by atoms with Crippen LogP contribution >= 0.6 is 0 Å². The van der Waals surface area contributed by atoms with Gasteiger partial charge in [-0.1, -0.05) is 35.9 Å². The third-order valence-corrected chi connectivity index (χ3v) is 5.49. The molecule has 2 aromatic carbocycles. The molecule has 0 saturated carbocycles. The summed E-state index contributed by atoms with van der Waals surface area (Å²) in [5.74, 6) is 0.143. The molecule has 4 heteroatoms. The maximum atomic E-state index is 12.7. The van der Waals surface area contributed by atoms with Gasteiger partial charge in [-0.15, -0.1) is 0 Å². The molecule has 1 heterocycles. The zero-order chi connectivity index (χ0) is 19.4. The van der Waals surface area contributed by atoms with Crippen LogP contribution in [-0.4, -0.2) is 29.8 Å². The van der Waals surface area contributed by atoms with Crippen molar-refractivity contribution in [2.24, 2.45) is 5.92 Å². The van der Waals surface area contributed by atoms with Crippen molar-refractivity contribution in [3.63, 3.8) is 0 Å². The number of hydrogen-bond acceptors (Lipinski definition) is 2. The molecule has 27 heavy (non-hydrogen) atoms. The second-order valence-corrected chi connectivity index (χ2v) is 7.57. The molecule has 1 saturated heterocycles. The van der Waals surface area contributed by atoms with Crippen LogP contribution in [0.15, 0.2) is 42.5 Å². The molecule has 0 radical (unpaired) electrons. The normalized spacial score (nSPS) is 14.9. The van der Waals surface area contributed by atoms with E-state index in [1.54, 1.807) is 0 Å². The molecule has 1 fully saturated rings. The van der Waals surface area contributed by atoms with Crippen LogP contribution in [0.2, 0.25) is 0 Å². The predicted octanol–water partition coefficient (Wildman–Crippen LogP) is 3.78. The van der Waals surface area contributed by atoms with Gasteiger partial charge in [0.1, 0.15) is 0 Å². The van der Waals surface area contributed by atoms with Crippen molar-refractivity contribution in [2.45, 2.75) is 40.2 Å². The van der Waals surface area contributed by atoms with Crippen molar-refractivity contribution >= 4 is 11.8 Å². The van der Waals surface area contributed by atoms with Gasteiger partial charge < -0.3 is 10.2 Å². The first-order valence-electron chi connectivity index (χ1n) is 9.64. The molecule has 1 aliphatic heterocycles. The van der Waals surface area contributed by atoms with Crippen LogP contribution in [0.1, 0.15) is 45.5 Å². The highest BCUT2D eigenvalue weighted by molar-refractivity contribution is 5.94. The van der Waals surface area contributed by atoms with Crippen LogP contribution in [0.4, 0.5) is 0 Å². The van der Waals surface area contributed by atoms with Gasteiger partial charge in [-0.25, -0.2) is 0 Å². The molecule has 0 atom stereocenters. The second-order valence-electron chi connectivity index (χ2n) is 7.57. The smallest absolute Gasteiger partial charge is 0.253 e. The fourth-order valence-corrected chi connectivity index (χ4v) is 3.44. The number of rotatable bonds is 4. The number of nitrogens with one attached hydrogen (secondary N) is 1. The van der Waals surface area contributed by atoms with Crippen molar-refractivity contribution in [1.29, 1.82) is 0 Å². The van der Waals surface area contributed by atoms with Gasteiger partial charge in [-0.05, 0) is 62.4 Å². The van der Waals surface area contributed by atoms with Gasteiger partial charge in [-0.2, -0.15) is 0 Å². The van der Waals surface area contributed by atoms with E-state index in [9.17, 15) is 9.59 Å². The molecule has 3 rings (SSSR count). The molecule has 142 valence electrons. The number of carbonyl (C=O) groups excluding carboxylic acids is 2. The van der Waals surface area contributed by atoms with E-state index < -0.39 is 0 Å². The van der Waals surface area contributed by atoms with Crippen molar-refractivity contribution in [2.75, 3.05) is 13.1 Å². The van der Waals surface area contributed by atoms with Crippen molar-refractivity contribution in [1.82, 2.24) is 10.2 Å². The Morgan fingerprint density at radius 1 is 0.963 bits per heavy atom. The maximum Gasteiger partial charge on any atom is 0.253 e. The van der Waals surface area contributed by atoms with Gasteiger partial charge in [0, 0.05) is 31.1 Å². The Morgan fingerprint density at radius 3 is 2.26 bits per heavy atom. The number of nitrogens with zero attached hydrogens (tertiary/aromatic N) is 1. The van der Waals surface area contributed by atoms with Crippen molar-refractivity contribution in [3.8, 4) is 0 Å². The number of aryl methyl sites for hydroxylation is 3. The summed E-state index contributed by atoms with van der Waals surface area (Å²) >= 11 is 0. The summed E-state index contributed by atoms with van der Waals surface area (Å²) in [6.07, 6.45) is 1.44. The van der Waals surface area contributed by atoms with E-state index in [1.807, 2.05) is 49.1 Å². The first kappa shape index (κ1) is 19.2. The van der Waals surface area contributed by atoms with Gasteiger partial charge in [0.25, 0.3) is 5.91 Å². The highest BCUT2D eigenvalue weighted by Crippen LogP contribution is 2.20. The summed E-state index contributed by atoms with van der Waals surface area (Å²) < 4.78 is 0. The molecule has 4 nitrogen and oxygen atoms in total. The minimum absolute atomic E-state index is 0.0146. The lowest BCUT2D eigenvalue weighted by atomic mass is 9.95. The Bertz CT molecular complexity index is 819. The van der Waals surface area contributed by atoms with Gasteiger partial charge >= 0.3 is 0 Å². The molecule has 0 spiro atoms. The third kappa shape index (κ3) is 4.76. The molecule has 1 aliphatic rings. The summed E-state index contributed by atoms with van der Waals surface area (Å²) in [6, 6.07) is 14.0. The standard InChI is InChI=1S/C23H28N2O2/c1-16-4-7-19(8-5-16)15-24-22(26)20-10-12-25(13-11-20)23(27)21-9-6-17(2)18(3)14-21/h4-9,14,20H,10-13,15H2,1-3H3,(H,24,26). The quantitative estimate of drug-likeness (QED) is 0.897. The largest absolute Gasteiger partial charge is 0.352 e. The third-order valence-electron chi connectivity index (χ3n) is 5.49. The number of hydrogen-bond donors (Lipinski definition) is 1. The maximum absolute atomic E-state index is 12.7. The first-order valence-corrected chi connectivity index (χ1v) is 9.64. The van der Waals surface area contributed by atoms with Crippen LogP contribution < -0.4 is 5.32 Å². The minimum Gasteiger partial charge on any atom is -0.352 e. The van der Waals surface area contributed by atoms with E-state index in [-0.39, 0.29) is 17.7 Å². The van der Waals surface area contributed by atoms with E-state index in [1.165, 1.54) is 11.1 Å². The lowest BCUT2D eigenvalue weighted by molar-refractivity contribution is -0.126. The topological polar surface area (TPSA) is 49.4 Å². The van der Waals surface area contributed by atoms with E-state index in [0.717, 1.165) is 29.5 Å². The van der Waals surface area contributed by atoms with Crippen LogP contribution in [0.5, 0.6) is 0 Å². The number of piperidine rings is 1. The van der Waals surface area contributed by atoms with Crippen LogP contribution in [0.25, 0.3) is 0 Å². The van der Waals surface area contributed by atoms with Crippen LogP contribution in [0.3, 0.4) is 0 Å². The summed E-state index contributed by atoms with van der Waals surface area (Å²) in [6.45, 7) is 7.94. The van der Waals surface area contributed by atoms with Gasteiger partial charge in [0.15, 0.2) is 0 Å². The average Bonchev–Trinajstić information content (AvgIpc) is 2.69. The molecule has 2 aromatic rings. The lowest BCUT2D eigenvalue weighted by Gasteiger charge is -2.31. The second kappa shape index (κ2) is 8.38. The van der Waals surface area contributed by atoms with E-state index >= 15 is 0 Å². The Balaban J connectivity index is 1.50. The van der Waals surface area contributed by atoms with Gasteiger partial charge in [-0.3, -0.25) is 9.59 Å². The fourth-order valence-electron chi connectivity index (χ4n) is 3.44. The molecule has 2 amide bonds. The lowest BCUT2D eigenvalue weighted by Crippen LogP contribution is -2.42. The molecular weight excluding hydrogens is 336 g/mol. The number of carbonyl (C=O) groups is 2. The highest BCUT2D eigenvalue weighted by Gasteiger charge is 2.27. The molecule has 1 N–H and O–H groups in total. The highest BCUT2D eigenvalue weighted by atomic mass is 16.2. The van der Waals surface area contributed by atoms with Crippen molar-refractivity contribution in [3.05, 3.63) is 70.3 Å². The summed E-state index contributed by atoms with van der Waals surface area (Å²) in [5, 5.41) is 3.04. The average molecular weight is 364 g/mol. The monoisotopic (exact) mass is 364 g/mol. The van der Waals surface area contributed by atoms with Gasteiger partial charge in [0.05, 0.1) is 0 Å². The van der Waals surface area contributed by atoms with Crippen LogP contribution in [0, 0.1) is 26.7 Å². The minimum atomic E-state index is -0.0146. The Labute approximate surface area is 161 Å².